The van der Waals surface area contributed by atoms with E-state index in [2.05, 4.69) is 4.74 Å². The van der Waals surface area contributed by atoms with E-state index >= 15 is 0 Å². The van der Waals surface area contributed by atoms with Gasteiger partial charge in [0.25, 0.3) is 5.92 Å². The number of carboxylic acid groups (broad SMARTS) is 1. The molecule has 0 bridgehead atoms. The number of carbonyl (C=O) groups is 1. The largest absolute Gasteiger partial charge is 0.573 e. The highest BCUT2D eigenvalue weighted by molar-refractivity contribution is 5.93. The highest BCUT2D eigenvalue weighted by Gasteiger charge is 2.42. The molecule has 0 radical (unpaired) electrons. The minimum Gasteiger partial charge on any atom is -0.478 e. The Morgan fingerprint density at radius 2 is 1.65 bits per heavy atom. The monoisotopic (exact) mass is 374 g/mol. The van der Waals surface area contributed by atoms with Gasteiger partial charge in [-0.1, -0.05) is 0 Å². The summed E-state index contributed by atoms with van der Waals surface area (Å²) in [6, 6.07) is 6.49. The quantitative estimate of drug-likeness (QED) is 0.756. The molecule has 1 N–H and O–H groups in total. The van der Waals surface area contributed by atoms with Gasteiger partial charge in [0.05, 0.1) is 0 Å². The maximum Gasteiger partial charge on any atom is 0.573 e. The molecule has 0 unspecified atom stereocenters. The molecule has 0 saturated heterocycles. The van der Waals surface area contributed by atoms with E-state index in [-0.39, 0.29) is 34.6 Å². The lowest BCUT2D eigenvalue weighted by Crippen LogP contribution is -2.16. The van der Waals surface area contributed by atoms with Gasteiger partial charge in [0, 0.05) is 12.0 Å². The first-order valence-corrected chi connectivity index (χ1v) is 7.38. The zero-order valence-electron chi connectivity index (χ0n) is 12.9. The van der Waals surface area contributed by atoms with Crippen molar-refractivity contribution in [1.29, 1.82) is 0 Å². The van der Waals surface area contributed by atoms with E-state index in [1.165, 1.54) is 0 Å². The van der Waals surface area contributed by atoms with Gasteiger partial charge in [-0.05, 0) is 48.4 Å². The van der Waals surface area contributed by atoms with Gasteiger partial charge < -0.3 is 14.6 Å². The zero-order valence-corrected chi connectivity index (χ0v) is 12.9. The van der Waals surface area contributed by atoms with Gasteiger partial charge in [-0.2, -0.15) is 0 Å². The maximum atomic E-state index is 13.8. The molecular weight excluding hydrogens is 363 g/mol. The molecule has 1 aliphatic rings. The molecule has 3 rings (SSSR count). The van der Waals surface area contributed by atoms with E-state index < -0.39 is 30.4 Å². The number of fused-ring (bicyclic) bond motifs is 1. The van der Waals surface area contributed by atoms with Gasteiger partial charge in [0.1, 0.15) is 22.8 Å². The zero-order chi connectivity index (χ0) is 19.1. The Kier molecular flexibility index (Phi) is 4.25. The Hall–Kier alpha value is -2.84. The van der Waals surface area contributed by atoms with E-state index in [0.717, 1.165) is 36.4 Å². The molecule has 2 aromatic carbocycles. The number of carboxylic acids is 1. The molecule has 0 saturated carbocycles. The summed E-state index contributed by atoms with van der Waals surface area (Å²) in [5.74, 6) is -5.14. The minimum atomic E-state index is -4.84. The van der Waals surface area contributed by atoms with Crippen molar-refractivity contribution < 1.29 is 41.3 Å². The summed E-state index contributed by atoms with van der Waals surface area (Å²) in [5.41, 5.74) is -0.733. The SMILES string of the molecule is O=C(O)c1c(Oc2ccc(OC(F)(F)F)cc2)ccc2c1CCC2(F)F. The van der Waals surface area contributed by atoms with Crippen LogP contribution in [0.25, 0.3) is 0 Å². The van der Waals surface area contributed by atoms with Crippen molar-refractivity contribution >= 4 is 5.97 Å². The van der Waals surface area contributed by atoms with Crippen molar-refractivity contribution in [1.82, 2.24) is 0 Å². The minimum absolute atomic E-state index is 0.00275. The number of hydrogen-bond donors (Lipinski definition) is 1. The van der Waals surface area contributed by atoms with Crippen LogP contribution < -0.4 is 9.47 Å². The lowest BCUT2D eigenvalue weighted by Gasteiger charge is -2.15. The first kappa shape index (κ1) is 18.0. The van der Waals surface area contributed by atoms with Crippen molar-refractivity contribution in [3.63, 3.8) is 0 Å². The number of halogens is 5. The fourth-order valence-electron chi connectivity index (χ4n) is 2.80. The van der Waals surface area contributed by atoms with E-state index in [4.69, 9.17) is 4.74 Å². The smallest absolute Gasteiger partial charge is 0.478 e. The van der Waals surface area contributed by atoms with E-state index in [0.29, 0.717) is 0 Å². The first-order valence-electron chi connectivity index (χ1n) is 7.38. The maximum absolute atomic E-state index is 13.8. The van der Waals surface area contributed by atoms with Crippen molar-refractivity contribution in [2.24, 2.45) is 0 Å². The molecule has 2 aromatic rings. The number of alkyl halides is 5. The van der Waals surface area contributed by atoms with Gasteiger partial charge in [-0.3, -0.25) is 0 Å². The molecule has 0 atom stereocenters. The number of hydrogen-bond acceptors (Lipinski definition) is 3. The fraction of sp³-hybridized carbons (Fsp3) is 0.235. The molecular formula is C17H11F5O4. The first-order chi connectivity index (χ1) is 12.1. The van der Waals surface area contributed by atoms with Crippen LogP contribution >= 0.6 is 0 Å². The van der Waals surface area contributed by atoms with Crippen molar-refractivity contribution in [2.75, 3.05) is 0 Å². The Morgan fingerprint density at radius 3 is 2.23 bits per heavy atom. The van der Waals surface area contributed by atoms with Crippen molar-refractivity contribution in [3.8, 4) is 17.2 Å². The summed E-state index contributed by atoms with van der Waals surface area (Å²) in [6.07, 6.45) is -5.45. The van der Waals surface area contributed by atoms with Crippen LogP contribution in [0, 0.1) is 0 Å². The second-order valence-corrected chi connectivity index (χ2v) is 5.60. The van der Waals surface area contributed by atoms with Crippen LogP contribution in [0.15, 0.2) is 36.4 Å². The van der Waals surface area contributed by atoms with Gasteiger partial charge in [0.2, 0.25) is 0 Å². The van der Waals surface area contributed by atoms with E-state index in [9.17, 15) is 31.9 Å². The van der Waals surface area contributed by atoms with Crippen molar-refractivity contribution in [2.45, 2.75) is 25.1 Å². The third-order valence-corrected chi connectivity index (χ3v) is 3.86. The third-order valence-electron chi connectivity index (χ3n) is 3.86. The van der Waals surface area contributed by atoms with Crippen LogP contribution in [0.4, 0.5) is 22.0 Å². The molecule has 26 heavy (non-hydrogen) atoms. The van der Waals surface area contributed by atoms with Crippen LogP contribution in [-0.4, -0.2) is 17.4 Å². The third kappa shape index (κ3) is 3.56. The second-order valence-electron chi connectivity index (χ2n) is 5.60. The fourth-order valence-corrected chi connectivity index (χ4v) is 2.80. The van der Waals surface area contributed by atoms with Crippen LogP contribution in [0.3, 0.4) is 0 Å². The van der Waals surface area contributed by atoms with E-state index in [1.807, 2.05) is 0 Å². The highest BCUT2D eigenvalue weighted by Crippen LogP contribution is 2.45. The van der Waals surface area contributed by atoms with Crippen LogP contribution in [-0.2, 0) is 12.3 Å². The standard InChI is InChI=1S/C17H11F5O4/c18-16(19)8-7-11-12(16)5-6-13(14(11)15(23)24)25-9-1-3-10(4-2-9)26-17(20,21)22/h1-6H,7-8H2,(H,23,24). The second kappa shape index (κ2) is 6.15. The summed E-state index contributed by atoms with van der Waals surface area (Å²) >= 11 is 0. The molecule has 9 heteroatoms. The van der Waals surface area contributed by atoms with Crippen molar-refractivity contribution in [3.05, 3.63) is 53.1 Å². The molecule has 0 aliphatic heterocycles. The average Bonchev–Trinajstić information content (AvgIpc) is 2.82. The number of benzene rings is 2. The molecule has 4 nitrogen and oxygen atoms in total. The molecule has 0 spiro atoms. The van der Waals surface area contributed by atoms with Crippen LogP contribution in [0.5, 0.6) is 17.2 Å². The predicted molar refractivity (Wildman–Crippen MR) is 78.8 cm³/mol. The lowest BCUT2D eigenvalue weighted by molar-refractivity contribution is -0.274. The molecule has 0 amide bonds. The Bertz CT molecular complexity index is 843. The number of ether oxygens (including phenoxy) is 2. The Morgan fingerprint density at radius 1 is 1.04 bits per heavy atom. The summed E-state index contributed by atoms with van der Waals surface area (Å²) < 4.78 is 73.1. The van der Waals surface area contributed by atoms with Crippen LogP contribution in [0.2, 0.25) is 0 Å². The summed E-state index contributed by atoms with van der Waals surface area (Å²) in [7, 11) is 0. The number of rotatable bonds is 4. The molecule has 0 heterocycles. The summed E-state index contributed by atoms with van der Waals surface area (Å²) in [5, 5.41) is 9.38. The van der Waals surface area contributed by atoms with Gasteiger partial charge in [0.15, 0.2) is 0 Å². The molecule has 1 aliphatic carbocycles. The van der Waals surface area contributed by atoms with Gasteiger partial charge in [-0.15, -0.1) is 13.2 Å². The number of aromatic carboxylic acids is 1. The van der Waals surface area contributed by atoms with Gasteiger partial charge >= 0.3 is 12.3 Å². The summed E-state index contributed by atoms with van der Waals surface area (Å²) in [6.45, 7) is 0. The predicted octanol–water partition coefficient (Wildman–Crippen LogP) is 5.11. The molecule has 0 aromatic heterocycles. The normalized spacial score (nSPS) is 15.4. The Labute approximate surface area is 143 Å². The topological polar surface area (TPSA) is 55.8 Å². The molecule has 0 fully saturated rings. The summed E-state index contributed by atoms with van der Waals surface area (Å²) in [4.78, 5) is 11.5. The molecule has 138 valence electrons. The highest BCUT2D eigenvalue weighted by atomic mass is 19.4. The lowest BCUT2D eigenvalue weighted by atomic mass is 10.0. The average molecular weight is 374 g/mol. The Balaban J connectivity index is 1.90. The van der Waals surface area contributed by atoms with E-state index in [1.54, 1.807) is 0 Å². The van der Waals surface area contributed by atoms with Crippen LogP contribution in [0.1, 0.15) is 27.9 Å². The van der Waals surface area contributed by atoms with Gasteiger partial charge in [-0.25, -0.2) is 13.6 Å².